The van der Waals surface area contributed by atoms with Gasteiger partial charge in [0.1, 0.15) is 11.6 Å². The predicted octanol–water partition coefficient (Wildman–Crippen LogP) is 2.02. The van der Waals surface area contributed by atoms with Crippen LogP contribution in [0.5, 0.6) is 0 Å². The van der Waals surface area contributed by atoms with Crippen molar-refractivity contribution in [3.05, 3.63) is 46.7 Å². The van der Waals surface area contributed by atoms with E-state index in [1.807, 2.05) is 0 Å². The van der Waals surface area contributed by atoms with Gasteiger partial charge in [-0.15, -0.1) is 0 Å². The van der Waals surface area contributed by atoms with Crippen molar-refractivity contribution in [2.75, 3.05) is 7.11 Å². The maximum Gasteiger partial charge on any atom is 0.336 e. The third-order valence-corrected chi connectivity index (χ3v) is 3.21. The van der Waals surface area contributed by atoms with Gasteiger partial charge in [-0.05, 0) is 18.6 Å². The first kappa shape index (κ1) is 14.2. The van der Waals surface area contributed by atoms with Gasteiger partial charge in [0.25, 0.3) is 0 Å². The number of amides is 1. The van der Waals surface area contributed by atoms with E-state index in [9.17, 15) is 18.4 Å². The van der Waals surface area contributed by atoms with Crippen LogP contribution in [0, 0.1) is 11.6 Å². The van der Waals surface area contributed by atoms with E-state index in [4.69, 9.17) is 0 Å². The lowest BCUT2D eigenvalue weighted by molar-refractivity contribution is -0.136. The third kappa shape index (κ3) is 2.54. The Morgan fingerprint density at radius 2 is 2.10 bits per heavy atom. The van der Waals surface area contributed by atoms with Gasteiger partial charge >= 0.3 is 5.97 Å². The zero-order valence-corrected chi connectivity index (χ0v) is 11.0. The van der Waals surface area contributed by atoms with Gasteiger partial charge in [0.05, 0.1) is 12.7 Å². The van der Waals surface area contributed by atoms with Crippen LogP contribution in [0.25, 0.3) is 0 Å². The van der Waals surface area contributed by atoms with Crippen molar-refractivity contribution in [1.82, 2.24) is 5.32 Å². The molecule has 0 aromatic heterocycles. The molecule has 0 fully saturated rings. The lowest BCUT2D eigenvalue weighted by Gasteiger charge is -2.26. The van der Waals surface area contributed by atoms with E-state index in [2.05, 4.69) is 10.1 Å². The van der Waals surface area contributed by atoms with Crippen LogP contribution in [-0.2, 0) is 14.3 Å². The maximum absolute atomic E-state index is 13.9. The van der Waals surface area contributed by atoms with Crippen LogP contribution in [0.4, 0.5) is 8.78 Å². The molecule has 1 aliphatic rings. The summed E-state index contributed by atoms with van der Waals surface area (Å²) in [7, 11) is 1.21. The molecule has 20 heavy (non-hydrogen) atoms. The summed E-state index contributed by atoms with van der Waals surface area (Å²) in [6.45, 7) is 1.54. The van der Waals surface area contributed by atoms with E-state index in [0.29, 0.717) is 5.70 Å². The number of methoxy groups -OCH3 is 1. The summed E-state index contributed by atoms with van der Waals surface area (Å²) >= 11 is 0. The SMILES string of the molecule is COC(=O)C1=C(C)NC(=O)C[C@H]1c1ccc(F)cc1F. The number of hydrogen-bond donors (Lipinski definition) is 1. The van der Waals surface area contributed by atoms with Crippen LogP contribution >= 0.6 is 0 Å². The first-order valence-corrected chi connectivity index (χ1v) is 5.98. The van der Waals surface area contributed by atoms with Crippen molar-refractivity contribution >= 4 is 11.9 Å². The van der Waals surface area contributed by atoms with E-state index >= 15 is 0 Å². The number of esters is 1. The number of rotatable bonds is 2. The van der Waals surface area contributed by atoms with Gasteiger partial charge in [-0.2, -0.15) is 0 Å². The third-order valence-electron chi connectivity index (χ3n) is 3.21. The lowest BCUT2D eigenvalue weighted by atomic mass is 9.84. The van der Waals surface area contributed by atoms with Crippen molar-refractivity contribution in [3.8, 4) is 0 Å². The van der Waals surface area contributed by atoms with Crippen LogP contribution in [0.15, 0.2) is 29.5 Å². The molecule has 0 spiro atoms. The van der Waals surface area contributed by atoms with E-state index in [1.165, 1.54) is 20.1 Å². The molecule has 0 aliphatic carbocycles. The molecule has 1 aromatic carbocycles. The average Bonchev–Trinajstić information content (AvgIpc) is 2.37. The smallest absolute Gasteiger partial charge is 0.336 e. The monoisotopic (exact) mass is 281 g/mol. The number of halogens is 2. The summed E-state index contributed by atoms with van der Waals surface area (Å²) in [5, 5.41) is 2.52. The Hall–Kier alpha value is -2.24. The Kier molecular flexibility index (Phi) is 3.83. The number of allylic oxidation sites excluding steroid dienone is 1. The van der Waals surface area contributed by atoms with Crippen LogP contribution in [0.3, 0.4) is 0 Å². The van der Waals surface area contributed by atoms with Crippen LogP contribution in [0.2, 0.25) is 0 Å². The Morgan fingerprint density at radius 1 is 1.40 bits per heavy atom. The fourth-order valence-corrected chi connectivity index (χ4v) is 2.33. The highest BCUT2D eigenvalue weighted by Gasteiger charge is 2.33. The van der Waals surface area contributed by atoms with Gasteiger partial charge in [0.2, 0.25) is 5.91 Å². The molecule has 1 aromatic rings. The number of hydrogen-bond acceptors (Lipinski definition) is 3. The van der Waals surface area contributed by atoms with E-state index < -0.39 is 23.5 Å². The summed E-state index contributed by atoms with van der Waals surface area (Å²) < 4.78 is 31.5. The molecule has 106 valence electrons. The number of ether oxygens (including phenoxy) is 1. The highest BCUT2D eigenvalue weighted by molar-refractivity contribution is 5.95. The summed E-state index contributed by atoms with van der Waals surface area (Å²) in [5.41, 5.74) is 0.598. The summed E-state index contributed by atoms with van der Waals surface area (Å²) in [6.07, 6.45) is -0.0929. The molecule has 0 unspecified atom stereocenters. The predicted molar refractivity (Wildman–Crippen MR) is 66.6 cm³/mol. The van der Waals surface area contributed by atoms with Gasteiger partial charge in [-0.25, -0.2) is 13.6 Å². The minimum absolute atomic E-state index is 0.0929. The zero-order chi connectivity index (χ0) is 14.9. The first-order chi connectivity index (χ1) is 9.43. The highest BCUT2D eigenvalue weighted by atomic mass is 19.1. The molecule has 1 heterocycles. The fraction of sp³-hybridized carbons (Fsp3) is 0.286. The van der Waals surface area contributed by atoms with Crippen molar-refractivity contribution in [2.45, 2.75) is 19.3 Å². The molecule has 1 amide bonds. The highest BCUT2D eigenvalue weighted by Crippen LogP contribution is 2.34. The molecule has 0 radical (unpaired) electrons. The van der Waals surface area contributed by atoms with Crippen LogP contribution < -0.4 is 5.32 Å². The van der Waals surface area contributed by atoms with Gasteiger partial charge in [-0.3, -0.25) is 4.79 Å². The second-order valence-electron chi connectivity index (χ2n) is 4.50. The summed E-state index contributed by atoms with van der Waals surface area (Å²) in [5.74, 6) is -3.26. The van der Waals surface area contributed by atoms with Crippen molar-refractivity contribution < 1.29 is 23.1 Å². The summed E-state index contributed by atoms with van der Waals surface area (Å²) in [4.78, 5) is 23.4. The van der Waals surface area contributed by atoms with Gasteiger partial charge in [0, 0.05) is 24.1 Å². The van der Waals surface area contributed by atoms with E-state index in [1.54, 1.807) is 0 Å². The minimum atomic E-state index is -0.793. The molecule has 1 aliphatic heterocycles. The molecule has 2 rings (SSSR count). The molecule has 1 atom stereocenters. The quantitative estimate of drug-likeness (QED) is 0.844. The first-order valence-electron chi connectivity index (χ1n) is 5.98. The molecule has 0 bridgehead atoms. The van der Waals surface area contributed by atoms with Crippen LogP contribution in [0.1, 0.15) is 24.8 Å². The molecular weight excluding hydrogens is 268 g/mol. The average molecular weight is 281 g/mol. The van der Waals surface area contributed by atoms with Gasteiger partial charge in [0.15, 0.2) is 0 Å². The van der Waals surface area contributed by atoms with E-state index in [-0.39, 0.29) is 23.5 Å². The number of carbonyl (C=O) groups is 2. The molecular formula is C14H13F2NO3. The summed E-state index contributed by atoms with van der Waals surface area (Å²) in [6, 6.07) is 3.06. The molecule has 4 nitrogen and oxygen atoms in total. The Bertz CT molecular complexity index is 610. The standard InChI is InChI=1S/C14H13F2NO3/c1-7-13(14(19)20-2)10(6-12(18)17-7)9-4-3-8(15)5-11(9)16/h3-5,10H,6H2,1-2H3,(H,17,18)/t10-/m0/s1. The number of benzene rings is 1. The normalized spacial score (nSPS) is 18.8. The Balaban J connectivity index is 2.54. The van der Waals surface area contributed by atoms with Gasteiger partial charge < -0.3 is 10.1 Å². The second-order valence-corrected chi connectivity index (χ2v) is 4.50. The lowest BCUT2D eigenvalue weighted by Crippen LogP contribution is -2.34. The number of nitrogens with one attached hydrogen (secondary N) is 1. The van der Waals surface area contributed by atoms with Crippen molar-refractivity contribution in [3.63, 3.8) is 0 Å². The minimum Gasteiger partial charge on any atom is -0.466 e. The van der Waals surface area contributed by atoms with Crippen LogP contribution in [-0.4, -0.2) is 19.0 Å². The zero-order valence-electron chi connectivity index (χ0n) is 11.0. The largest absolute Gasteiger partial charge is 0.466 e. The molecule has 0 saturated carbocycles. The van der Waals surface area contributed by atoms with Crippen molar-refractivity contribution in [2.24, 2.45) is 0 Å². The van der Waals surface area contributed by atoms with Crippen molar-refractivity contribution in [1.29, 1.82) is 0 Å². The van der Waals surface area contributed by atoms with Gasteiger partial charge in [-0.1, -0.05) is 6.07 Å². The Labute approximate surface area is 114 Å². The molecule has 0 saturated heterocycles. The number of carbonyl (C=O) groups excluding carboxylic acids is 2. The Morgan fingerprint density at radius 3 is 2.70 bits per heavy atom. The molecule has 1 N–H and O–H groups in total. The molecule has 6 heteroatoms. The van der Waals surface area contributed by atoms with E-state index in [0.717, 1.165) is 12.1 Å². The maximum atomic E-state index is 13.9. The topological polar surface area (TPSA) is 55.4 Å². The fourth-order valence-electron chi connectivity index (χ4n) is 2.33. The second kappa shape index (κ2) is 5.40.